The normalized spacial score (nSPS) is 9.79. The van der Waals surface area contributed by atoms with Crippen molar-refractivity contribution in [2.75, 3.05) is 13.1 Å². The summed E-state index contributed by atoms with van der Waals surface area (Å²) in [7, 11) is 0. The maximum Gasteiger partial charge on any atom is 0.273 e. The van der Waals surface area contributed by atoms with E-state index >= 15 is 0 Å². The largest absolute Gasteiger partial charge is 0.334 e. The highest BCUT2D eigenvalue weighted by Crippen LogP contribution is 2.06. The van der Waals surface area contributed by atoms with Crippen LogP contribution in [0.25, 0.3) is 0 Å². The van der Waals surface area contributed by atoms with E-state index < -0.39 is 0 Å². The first-order chi connectivity index (χ1) is 6.79. The lowest BCUT2D eigenvalue weighted by Gasteiger charge is -2.18. The molecule has 1 aromatic heterocycles. The molecule has 0 radical (unpaired) electrons. The van der Waals surface area contributed by atoms with Gasteiger partial charge in [0.05, 0.1) is 5.51 Å². The summed E-state index contributed by atoms with van der Waals surface area (Å²) >= 11 is 1.44. The van der Waals surface area contributed by atoms with Crippen molar-refractivity contribution in [3.05, 3.63) is 29.2 Å². The van der Waals surface area contributed by atoms with Crippen LogP contribution in [0.4, 0.5) is 0 Å². The number of rotatable bonds is 5. The summed E-state index contributed by atoms with van der Waals surface area (Å²) in [6, 6.07) is 0. The minimum absolute atomic E-state index is 0.00648. The number of carbonyl (C=O) groups excluding carboxylic acids is 1. The summed E-state index contributed by atoms with van der Waals surface area (Å²) < 4.78 is 0. The van der Waals surface area contributed by atoms with Crippen molar-refractivity contribution in [2.45, 2.75) is 13.3 Å². The maximum absolute atomic E-state index is 11.8. The molecule has 0 aromatic carbocycles. The fourth-order valence-corrected chi connectivity index (χ4v) is 1.71. The highest BCUT2D eigenvalue weighted by atomic mass is 32.1. The predicted octanol–water partition coefficient (Wildman–Crippen LogP) is 2.18. The molecule has 0 atom stereocenters. The minimum atomic E-state index is -0.00648. The van der Waals surface area contributed by atoms with Crippen molar-refractivity contribution in [2.24, 2.45) is 0 Å². The van der Waals surface area contributed by atoms with Gasteiger partial charge in [0.2, 0.25) is 0 Å². The molecule has 0 spiro atoms. The Bertz CT molecular complexity index is 295. The van der Waals surface area contributed by atoms with Gasteiger partial charge in [-0.15, -0.1) is 17.9 Å². The topological polar surface area (TPSA) is 33.2 Å². The van der Waals surface area contributed by atoms with Crippen molar-refractivity contribution < 1.29 is 4.79 Å². The van der Waals surface area contributed by atoms with Crippen LogP contribution in [0.5, 0.6) is 0 Å². The molecule has 0 saturated carbocycles. The van der Waals surface area contributed by atoms with E-state index in [4.69, 9.17) is 0 Å². The quantitative estimate of drug-likeness (QED) is 0.698. The van der Waals surface area contributed by atoms with Gasteiger partial charge in [0.25, 0.3) is 5.91 Å². The molecule has 1 rings (SSSR count). The maximum atomic E-state index is 11.8. The lowest BCUT2D eigenvalue weighted by atomic mass is 10.3. The molecule has 4 heteroatoms. The molecule has 0 aliphatic rings. The fourth-order valence-electron chi connectivity index (χ4n) is 1.18. The number of nitrogens with zero attached hydrogens (tertiary/aromatic N) is 2. The van der Waals surface area contributed by atoms with Crippen molar-refractivity contribution in [1.29, 1.82) is 0 Å². The average molecular weight is 210 g/mol. The Morgan fingerprint density at radius 2 is 2.57 bits per heavy atom. The van der Waals surface area contributed by atoms with E-state index in [0.29, 0.717) is 12.2 Å². The van der Waals surface area contributed by atoms with Crippen LogP contribution in [0.3, 0.4) is 0 Å². The number of hydrogen-bond acceptors (Lipinski definition) is 3. The first-order valence-corrected chi connectivity index (χ1v) is 5.52. The minimum Gasteiger partial charge on any atom is -0.334 e. The van der Waals surface area contributed by atoms with E-state index in [0.717, 1.165) is 13.0 Å². The molecule has 14 heavy (non-hydrogen) atoms. The molecule has 0 unspecified atom stereocenters. The highest BCUT2D eigenvalue weighted by Gasteiger charge is 2.14. The van der Waals surface area contributed by atoms with Gasteiger partial charge in [-0.25, -0.2) is 4.98 Å². The summed E-state index contributed by atoms with van der Waals surface area (Å²) in [5, 5.41) is 1.77. The summed E-state index contributed by atoms with van der Waals surface area (Å²) in [6.07, 6.45) is 2.68. The van der Waals surface area contributed by atoms with Gasteiger partial charge in [-0.05, 0) is 6.42 Å². The van der Waals surface area contributed by atoms with E-state index in [1.807, 2.05) is 6.92 Å². The highest BCUT2D eigenvalue weighted by molar-refractivity contribution is 7.07. The monoisotopic (exact) mass is 210 g/mol. The number of aromatic nitrogens is 1. The molecular weight excluding hydrogens is 196 g/mol. The Hall–Kier alpha value is -1.16. The molecule has 0 N–H and O–H groups in total. The van der Waals surface area contributed by atoms with Crippen LogP contribution in [0, 0.1) is 0 Å². The Morgan fingerprint density at radius 1 is 1.79 bits per heavy atom. The van der Waals surface area contributed by atoms with Gasteiger partial charge >= 0.3 is 0 Å². The van der Waals surface area contributed by atoms with Gasteiger partial charge < -0.3 is 4.90 Å². The standard InChI is InChI=1S/C10H14N2OS/c1-3-5-12(6-4-2)10(13)9-7-14-8-11-9/h3,7-8H,1,4-6H2,2H3. The van der Waals surface area contributed by atoms with Crippen molar-refractivity contribution in [3.63, 3.8) is 0 Å². The predicted molar refractivity (Wildman–Crippen MR) is 58.5 cm³/mol. The summed E-state index contributed by atoms with van der Waals surface area (Å²) in [5.41, 5.74) is 2.20. The van der Waals surface area contributed by atoms with Gasteiger partial charge in [-0.3, -0.25) is 4.79 Å². The molecule has 3 nitrogen and oxygen atoms in total. The number of hydrogen-bond donors (Lipinski definition) is 0. The lowest BCUT2D eigenvalue weighted by Crippen LogP contribution is -2.32. The van der Waals surface area contributed by atoms with Crippen molar-refractivity contribution in [1.82, 2.24) is 9.88 Å². The van der Waals surface area contributed by atoms with E-state index in [1.54, 1.807) is 21.9 Å². The molecule has 0 bridgehead atoms. The Balaban J connectivity index is 2.68. The van der Waals surface area contributed by atoms with Crippen LogP contribution in [-0.2, 0) is 0 Å². The molecule has 1 aromatic rings. The SMILES string of the molecule is C=CCN(CCC)C(=O)c1cscn1. The van der Waals surface area contributed by atoms with Gasteiger partial charge in [0.1, 0.15) is 5.69 Å². The molecular formula is C10H14N2OS. The summed E-state index contributed by atoms with van der Waals surface area (Å²) in [6.45, 7) is 7.02. The number of amides is 1. The Kier molecular flexibility index (Phi) is 4.32. The second kappa shape index (κ2) is 5.54. The zero-order valence-electron chi connectivity index (χ0n) is 8.27. The second-order valence-corrected chi connectivity index (χ2v) is 3.63. The van der Waals surface area contributed by atoms with Crippen LogP contribution in [-0.4, -0.2) is 28.9 Å². The zero-order valence-corrected chi connectivity index (χ0v) is 9.09. The van der Waals surface area contributed by atoms with Gasteiger partial charge in [-0.2, -0.15) is 0 Å². The fraction of sp³-hybridized carbons (Fsp3) is 0.400. The first-order valence-electron chi connectivity index (χ1n) is 4.58. The van der Waals surface area contributed by atoms with Crippen molar-refractivity contribution >= 4 is 17.2 Å². The summed E-state index contributed by atoms with van der Waals surface area (Å²) in [5.74, 6) is -0.00648. The van der Waals surface area contributed by atoms with Crippen LogP contribution in [0.1, 0.15) is 23.8 Å². The van der Waals surface area contributed by atoms with Crippen LogP contribution in [0.2, 0.25) is 0 Å². The number of thiazole rings is 1. The lowest BCUT2D eigenvalue weighted by molar-refractivity contribution is 0.0769. The van der Waals surface area contributed by atoms with E-state index in [9.17, 15) is 4.79 Å². The molecule has 0 aliphatic carbocycles. The first kappa shape index (κ1) is 10.9. The van der Waals surface area contributed by atoms with Gasteiger partial charge in [-0.1, -0.05) is 13.0 Å². The summed E-state index contributed by atoms with van der Waals surface area (Å²) in [4.78, 5) is 17.6. The molecule has 1 heterocycles. The second-order valence-electron chi connectivity index (χ2n) is 2.91. The molecule has 0 aliphatic heterocycles. The molecule has 76 valence electrons. The van der Waals surface area contributed by atoms with Gasteiger partial charge in [0.15, 0.2) is 0 Å². The third-order valence-corrected chi connectivity index (χ3v) is 2.37. The van der Waals surface area contributed by atoms with Crippen LogP contribution >= 0.6 is 11.3 Å². The average Bonchev–Trinajstić information content (AvgIpc) is 2.69. The Morgan fingerprint density at radius 3 is 3.07 bits per heavy atom. The third kappa shape index (κ3) is 2.67. The third-order valence-electron chi connectivity index (χ3n) is 1.78. The Labute approximate surface area is 88.1 Å². The smallest absolute Gasteiger partial charge is 0.273 e. The molecule has 0 fully saturated rings. The van der Waals surface area contributed by atoms with Crippen LogP contribution in [0.15, 0.2) is 23.5 Å². The van der Waals surface area contributed by atoms with E-state index in [-0.39, 0.29) is 5.91 Å². The zero-order chi connectivity index (χ0) is 10.4. The van der Waals surface area contributed by atoms with Crippen LogP contribution < -0.4 is 0 Å². The number of carbonyl (C=O) groups is 1. The van der Waals surface area contributed by atoms with Gasteiger partial charge in [0, 0.05) is 18.5 Å². The molecule has 1 amide bonds. The molecule has 0 saturated heterocycles. The van der Waals surface area contributed by atoms with E-state index in [1.165, 1.54) is 11.3 Å². The van der Waals surface area contributed by atoms with Crippen molar-refractivity contribution in [3.8, 4) is 0 Å². The van der Waals surface area contributed by atoms with E-state index in [2.05, 4.69) is 11.6 Å².